The second-order valence-corrected chi connectivity index (χ2v) is 5.49. The third-order valence-electron chi connectivity index (χ3n) is 3.38. The van der Waals surface area contributed by atoms with Crippen molar-refractivity contribution < 1.29 is 0 Å². The molecule has 0 saturated carbocycles. The maximum atomic E-state index is 9.06. The largest absolute Gasteiger partial charge is 0.398 e. The lowest BCUT2D eigenvalue weighted by atomic mass is 9.99. The maximum Gasteiger partial charge on any atom is 0.0993 e. The fourth-order valence-electron chi connectivity index (χ4n) is 2.49. The molecular weight excluding hydrogens is 238 g/mol. The molecule has 5 heteroatoms. The number of nitrogens with one attached hydrogen (secondary N) is 2. The lowest BCUT2D eigenvalue weighted by Crippen LogP contribution is -2.57. The van der Waals surface area contributed by atoms with E-state index in [0.29, 0.717) is 16.8 Å². The Morgan fingerprint density at radius 2 is 2.26 bits per heavy atom. The summed E-state index contributed by atoms with van der Waals surface area (Å²) in [6.07, 6.45) is 1.26. The topological polar surface area (TPSA) is 88.9 Å². The molecule has 0 radical (unpaired) electrons. The van der Waals surface area contributed by atoms with Gasteiger partial charge in [0.25, 0.3) is 0 Å². The lowest BCUT2D eigenvalue weighted by Gasteiger charge is -2.41. The number of hydrogen-bond donors (Lipinski definition) is 3. The van der Waals surface area contributed by atoms with Gasteiger partial charge in [-0.05, 0) is 26.0 Å². The summed E-state index contributed by atoms with van der Waals surface area (Å²) in [4.78, 5) is 2.19. The first-order valence-electron chi connectivity index (χ1n) is 6.31. The quantitative estimate of drug-likeness (QED) is 0.551. The van der Waals surface area contributed by atoms with Gasteiger partial charge in [-0.2, -0.15) is 5.26 Å². The van der Waals surface area contributed by atoms with E-state index in [9.17, 15) is 0 Å². The number of rotatable bonds is 2. The first-order valence-corrected chi connectivity index (χ1v) is 6.31. The van der Waals surface area contributed by atoms with E-state index in [1.54, 1.807) is 6.07 Å². The Bertz CT molecular complexity index is 542. The molecule has 1 aromatic rings. The van der Waals surface area contributed by atoms with Crippen LogP contribution in [0.5, 0.6) is 0 Å². The predicted octanol–water partition coefficient (Wildman–Crippen LogP) is 1.33. The Balaban J connectivity index is 2.46. The van der Waals surface area contributed by atoms with Gasteiger partial charge in [0, 0.05) is 48.3 Å². The van der Waals surface area contributed by atoms with E-state index in [2.05, 4.69) is 30.1 Å². The number of hydrogen-bond acceptors (Lipinski definition) is 5. The molecule has 0 unspecified atom stereocenters. The fraction of sp³-hybridized carbons (Fsp3) is 0.429. The number of nitrogen functional groups attached to an aromatic ring is 1. The second-order valence-electron chi connectivity index (χ2n) is 5.49. The van der Waals surface area contributed by atoms with Gasteiger partial charge in [-0.3, -0.25) is 0 Å². The van der Waals surface area contributed by atoms with E-state index in [4.69, 9.17) is 16.4 Å². The molecule has 4 N–H and O–H groups in total. The molecule has 0 aliphatic carbocycles. The number of anilines is 2. The first-order chi connectivity index (χ1) is 8.96. The number of nitrogens with two attached hydrogens (primary N) is 1. The highest BCUT2D eigenvalue weighted by Gasteiger charge is 2.27. The van der Waals surface area contributed by atoms with Gasteiger partial charge in [0.15, 0.2) is 0 Å². The standard InChI is InChI=1S/C14H19N5/c1-14(2)9-19(4-3-18-14)13-6-10(7-15)5-12(17)11(13)8-16/h5-6,8,16,18H,3-4,9,17H2,1-2H3. The highest BCUT2D eigenvalue weighted by atomic mass is 15.2. The molecular formula is C14H19N5. The maximum absolute atomic E-state index is 9.06. The van der Waals surface area contributed by atoms with Gasteiger partial charge in [0.2, 0.25) is 0 Å². The van der Waals surface area contributed by atoms with E-state index in [1.165, 1.54) is 6.21 Å². The van der Waals surface area contributed by atoms with Crippen molar-refractivity contribution in [1.82, 2.24) is 5.32 Å². The monoisotopic (exact) mass is 257 g/mol. The van der Waals surface area contributed by atoms with Crippen molar-refractivity contribution in [1.29, 1.82) is 10.7 Å². The Labute approximate surface area is 113 Å². The summed E-state index contributed by atoms with van der Waals surface area (Å²) in [5, 5.41) is 20.0. The smallest absolute Gasteiger partial charge is 0.0993 e. The molecule has 0 amide bonds. The Hall–Kier alpha value is -2.06. The predicted molar refractivity (Wildman–Crippen MR) is 77.7 cm³/mol. The van der Waals surface area contributed by atoms with Crippen molar-refractivity contribution in [3.8, 4) is 6.07 Å². The zero-order valence-electron chi connectivity index (χ0n) is 11.3. The van der Waals surface area contributed by atoms with Crippen molar-refractivity contribution in [3.63, 3.8) is 0 Å². The summed E-state index contributed by atoms with van der Waals surface area (Å²) in [6, 6.07) is 5.56. The Kier molecular flexibility index (Phi) is 3.45. The molecule has 5 nitrogen and oxygen atoms in total. The molecule has 1 fully saturated rings. The van der Waals surface area contributed by atoms with Crippen molar-refractivity contribution in [3.05, 3.63) is 23.3 Å². The highest BCUT2D eigenvalue weighted by Crippen LogP contribution is 2.28. The van der Waals surface area contributed by atoms with Crippen molar-refractivity contribution in [2.75, 3.05) is 30.3 Å². The summed E-state index contributed by atoms with van der Waals surface area (Å²) < 4.78 is 0. The van der Waals surface area contributed by atoms with Crippen LogP contribution in [-0.4, -0.2) is 31.4 Å². The van der Waals surface area contributed by atoms with Gasteiger partial charge < -0.3 is 21.4 Å². The Morgan fingerprint density at radius 1 is 1.53 bits per heavy atom. The summed E-state index contributed by atoms with van der Waals surface area (Å²) >= 11 is 0. The molecule has 1 heterocycles. The summed E-state index contributed by atoms with van der Waals surface area (Å²) in [6.45, 7) is 6.82. The number of nitrogens with zero attached hydrogens (tertiary/aromatic N) is 2. The third kappa shape index (κ3) is 2.69. The molecule has 1 aromatic carbocycles. The van der Waals surface area contributed by atoms with Gasteiger partial charge in [-0.25, -0.2) is 0 Å². The molecule has 0 spiro atoms. The molecule has 1 aliphatic heterocycles. The highest BCUT2D eigenvalue weighted by molar-refractivity contribution is 5.93. The molecule has 1 aliphatic rings. The zero-order chi connectivity index (χ0) is 14.0. The lowest BCUT2D eigenvalue weighted by molar-refractivity contribution is 0.353. The van der Waals surface area contributed by atoms with E-state index >= 15 is 0 Å². The van der Waals surface area contributed by atoms with Crippen LogP contribution in [0, 0.1) is 16.7 Å². The van der Waals surface area contributed by atoms with Crippen molar-refractivity contribution in [2.24, 2.45) is 0 Å². The van der Waals surface area contributed by atoms with E-state index in [-0.39, 0.29) is 5.54 Å². The van der Waals surface area contributed by atoms with Crippen LogP contribution in [0.1, 0.15) is 25.0 Å². The van der Waals surface area contributed by atoms with Crippen LogP contribution < -0.4 is 16.0 Å². The average molecular weight is 257 g/mol. The molecule has 0 atom stereocenters. The zero-order valence-corrected chi connectivity index (χ0v) is 11.3. The molecule has 100 valence electrons. The molecule has 19 heavy (non-hydrogen) atoms. The minimum absolute atomic E-state index is 0.00889. The summed E-state index contributed by atoms with van der Waals surface area (Å²) in [5.74, 6) is 0. The number of piperazine rings is 1. The van der Waals surface area contributed by atoms with E-state index in [1.807, 2.05) is 6.07 Å². The SMILES string of the molecule is CC1(C)CN(c2cc(C#N)cc(N)c2C=N)CCN1. The van der Waals surface area contributed by atoms with Crippen LogP contribution >= 0.6 is 0 Å². The van der Waals surface area contributed by atoms with E-state index in [0.717, 1.165) is 25.3 Å². The van der Waals surface area contributed by atoms with Crippen LogP contribution in [-0.2, 0) is 0 Å². The minimum Gasteiger partial charge on any atom is -0.398 e. The van der Waals surface area contributed by atoms with Crippen LogP contribution in [0.3, 0.4) is 0 Å². The normalized spacial score (nSPS) is 17.8. The first kappa shape index (κ1) is 13.4. The average Bonchev–Trinajstić information content (AvgIpc) is 2.36. The van der Waals surface area contributed by atoms with Crippen molar-refractivity contribution >= 4 is 17.6 Å². The fourth-order valence-corrected chi connectivity index (χ4v) is 2.49. The van der Waals surface area contributed by atoms with Gasteiger partial charge in [0.05, 0.1) is 11.6 Å². The summed E-state index contributed by atoms with van der Waals surface area (Å²) in [7, 11) is 0. The van der Waals surface area contributed by atoms with Crippen LogP contribution in [0.25, 0.3) is 0 Å². The van der Waals surface area contributed by atoms with Crippen LogP contribution in [0.2, 0.25) is 0 Å². The molecule has 1 saturated heterocycles. The third-order valence-corrected chi connectivity index (χ3v) is 3.38. The van der Waals surface area contributed by atoms with Gasteiger partial charge >= 0.3 is 0 Å². The summed E-state index contributed by atoms with van der Waals surface area (Å²) in [5.41, 5.74) is 8.54. The van der Waals surface area contributed by atoms with Gasteiger partial charge in [0.1, 0.15) is 0 Å². The molecule has 0 bridgehead atoms. The van der Waals surface area contributed by atoms with Gasteiger partial charge in [-0.1, -0.05) is 0 Å². The van der Waals surface area contributed by atoms with Crippen molar-refractivity contribution in [2.45, 2.75) is 19.4 Å². The second kappa shape index (κ2) is 4.90. The van der Waals surface area contributed by atoms with Gasteiger partial charge in [-0.15, -0.1) is 0 Å². The Morgan fingerprint density at radius 3 is 2.84 bits per heavy atom. The molecule has 0 aromatic heterocycles. The molecule has 2 rings (SSSR count). The van der Waals surface area contributed by atoms with E-state index < -0.39 is 0 Å². The number of nitriles is 1. The minimum atomic E-state index is 0.00889. The van der Waals surface area contributed by atoms with Crippen LogP contribution in [0.15, 0.2) is 12.1 Å². The van der Waals surface area contributed by atoms with Crippen LogP contribution in [0.4, 0.5) is 11.4 Å². The number of benzene rings is 1.